The largest absolute Gasteiger partial charge is 0.457 e. The maximum atomic E-state index is 12.8. The molecule has 7 heteroatoms. The van der Waals surface area contributed by atoms with Crippen LogP contribution in [-0.4, -0.2) is 18.2 Å². The molecule has 0 heterocycles. The Morgan fingerprint density at radius 1 is 1.12 bits per heavy atom. The standard InChI is InChI=1S/C26H23F3N2O2/c1-4-14-30-16-17(2)18(3)31-25(32)20-8-13-23-19(15-20)6-5-7-24(23)33-22-11-9-21(10-12-22)26(27,28)29/h4-16,18H,2H2,1,3H3,(H,31,32)/b14-4-,30-16?. The van der Waals surface area contributed by atoms with Crippen molar-refractivity contribution in [2.24, 2.45) is 4.99 Å². The molecule has 0 spiro atoms. The van der Waals surface area contributed by atoms with Crippen LogP contribution in [0, 0.1) is 0 Å². The number of fused-ring (bicyclic) bond motifs is 1. The zero-order valence-electron chi connectivity index (χ0n) is 18.2. The first-order valence-electron chi connectivity index (χ1n) is 10.2. The molecule has 1 amide bonds. The Morgan fingerprint density at radius 2 is 1.85 bits per heavy atom. The van der Waals surface area contributed by atoms with Gasteiger partial charge >= 0.3 is 6.18 Å². The van der Waals surface area contributed by atoms with Gasteiger partial charge in [0.25, 0.3) is 5.91 Å². The van der Waals surface area contributed by atoms with Crippen LogP contribution in [-0.2, 0) is 6.18 Å². The van der Waals surface area contributed by atoms with E-state index < -0.39 is 11.7 Å². The molecule has 0 aliphatic rings. The van der Waals surface area contributed by atoms with Crippen molar-refractivity contribution in [1.29, 1.82) is 0 Å². The van der Waals surface area contributed by atoms with Crippen LogP contribution in [0.2, 0.25) is 0 Å². The molecular weight excluding hydrogens is 429 g/mol. The minimum atomic E-state index is -4.40. The highest BCUT2D eigenvalue weighted by molar-refractivity contribution is 6.00. The van der Waals surface area contributed by atoms with Crippen molar-refractivity contribution in [3.05, 3.63) is 96.2 Å². The van der Waals surface area contributed by atoms with Crippen molar-refractivity contribution >= 4 is 22.9 Å². The summed E-state index contributed by atoms with van der Waals surface area (Å²) in [6.45, 7) is 7.59. The Kier molecular flexibility index (Phi) is 7.33. The fourth-order valence-corrected chi connectivity index (χ4v) is 3.03. The minimum absolute atomic E-state index is 0.265. The summed E-state index contributed by atoms with van der Waals surface area (Å²) >= 11 is 0. The van der Waals surface area contributed by atoms with Crippen LogP contribution in [0.3, 0.4) is 0 Å². The number of halogens is 3. The summed E-state index contributed by atoms with van der Waals surface area (Å²) in [6.07, 6.45) is 0.611. The van der Waals surface area contributed by atoms with Crippen molar-refractivity contribution in [3.63, 3.8) is 0 Å². The SMILES string of the molecule is C=C(C=N/C=C\C)C(C)NC(=O)c1ccc2c(Oc3ccc(C(F)(F)F)cc3)cccc2c1. The first kappa shape index (κ1) is 23.8. The number of nitrogens with one attached hydrogen (secondary N) is 1. The number of ether oxygens (including phenoxy) is 1. The highest BCUT2D eigenvalue weighted by atomic mass is 19.4. The number of rotatable bonds is 7. The number of alkyl halides is 3. The van der Waals surface area contributed by atoms with Crippen molar-refractivity contribution in [2.45, 2.75) is 26.1 Å². The topological polar surface area (TPSA) is 50.7 Å². The van der Waals surface area contributed by atoms with Gasteiger partial charge in [-0.25, -0.2) is 0 Å². The van der Waals surface area contributed by atoms with Gasteiger partial charge < -0.3 is 10.1 Å². The van der Waals surface area contributed by atoms with Crippen LogP contribution in [0.1, 0.15) is 29.8 Å². The average molecular weight is 452 g/mol. The lowest BCUT2D eigenvalue weighted by atomic mass is 10.0. The second-order valence-corrected chi connectivity index (χ2v) is 7.35. The number of aliphatic imine (C=N–C) groups is 1. The van der Waals surface area contributed by atoms with E-state index in [1.54, 1.807) is 48.8 Å². The molecule has 4 nitrogen and oxygen atoms in total. The summed E-state index contributed by atoms with van der Waals surface area (Å²) in [5.41, 5.74) is 0.377. The number of hydrogen-bond donors (Lipinski definition) is 1. The summed E-state index contributed by atoms with van der Waals surface area (Å²) in [4.78, 5) is 16.8. The van der Waals surface area contributed by atoms with Crippen LogP contribution in [0.15, 0.2) is 90.1 Å². The Bertz CT molecular complexity index is 1210. The molecule has 0 saturated heterocycles. The Hall–Kier alpha value is -3.87. The van der Waals surface area contributed by atoms with Gasteiger partial charge in [0.2, 0.25) is 0 Å². The van der Waals surface area contributed by atoms with E-state index in [9.17, 15) is 18.0 Å². The maximum Gasteiger partial charge on any atom is 0.416 e. The number of nitrogens with zero attached hydrogens (tertiary/aromatic N) is 1. The number of hydrogen-bond acceptors (Lipinski definition) is 3. The van der Waals surface area contributed by atoms with Gasteiger partial charge in [0.1, 0.15) is 11.5 Å². The zero-order chi connectivity index (χ0) is 24.0. The summed E-state index contributed by atoms with van der Waals surface area (Å²) in [6, 6.07) is 14.6. The molecule has 3 aromatic carbocycles. The third-order valence-electron chi connectivity index (χ3n) is 4.89. The first-order valence-corrected chi connectivity index (χ1v) is 10.2. The lowest BCUT2D eigenvalue weighted by Gasteiger charge is -2.15. The molecule has 0 aliphatic carbocycles. The highest BCUT2D eigenvalue weighted by Gasteiger charge is 2.30. The Morgan fingerprint density at radius 3 is 2.52 bits per heavy atom. The van der Waals surface area contributed by atoms with E-state index in [0.29, 0.717) is 16.9 Å². The molecular formula is C26H23F3N2O2. The Labute approximate surface area is 190 Å². The predicted molar refractivity (Wildman–Crippen MR) is 125 cm³/mol. The molecule has 1 atom stereocenters. The smallest absolute Gasteiger partial charge is 0.416 e. The molecule has 0 saturated carbocycles. The zero-order valence-corrected chi connectivity index (χ0v) is 18.2. The highest BCUT2D eigenvalue weighted by Crippen LogP contribution is 2.33. The lowest BCUT2D eigenvalue weighted by molar-refractivity contribution is -0.137. The van der Waals surface area contributed by atoms with Crippen molar-refractivity contribution in [3.8, 4) is 11.5 Å². The third-order valence-corrected chi connectivity index (χ3v) is 4.89. The van der Waals surface area contributed by atoms with Crippen LogP contribution >= 0.6 is 0 Å². The first-order chi connectivity index (χ1) is 15.7. The number of benzene rings is 3. The van der Waals surface area contributed by atoms with E-state index in [4.69, 9.17) is 4.74 Å². The third kappa shape index (κ3) is 6.10. The van der Waals surface area contributed by atoms with E-state index in [1.807, 2.05) is 19.9 Å². The monoisotopic (exact) mass is 452 g/mol. The van der Waals surface area contributed by atoms with Crippen LogP contribution in [0.25, 0.3) is 10.8 Å². The van der Waals surface area contributed by atoms with E-state index in [2.05, 4.69) is 16.9 Å². The van der Waals surface area contributed by atoms with E-state index in [1.165, 1.54) is 12.1 Å². The fraction of sp³-hybridized carbons (Fsp3) is 0.154. The molecule has 1 N–H and O–H groups in total. The second-order valence-electron chi connectivity index (χ2n) is 7.35. The summed E-state index contributed by atoms with van der Waals surface area (Å²) in [7, 11) is 0. The maximum absolute atomic E-state index is 12.8. The van der Waals surface area contributed by atoms with Gasteiger partial charge in [-0.05, 0) is 73.3 Å². The molecule has 0 radical (unpaired) electrons. The lowest BCUT2D eigenvalue weighted by Crippen LogP contribution is -2.34. The normalized spacial score (nSPS) is 12.9. The van der Waals surface area contributed by atoms with Crippen LogP contribution in [0.5, 0.6) is 11.5 Å². The van der Waals surface area contributed by atoms with Gasteiger partial charge in [0.05, 0.1) is 11.6 Å². The molecule has 33 heavy (non-hydrogen) atoms. The number of carbonyl (C=O) groups excluding carboxylic acids is 1. The summed E-state index contributed by atoms with van der Waals surface area (Å²) in [5.74, 6) is 0.490. The molecule has 0 aromatic heterocycles. The predicted octanol–water partition coefficient (Wildman–Crippen LogP) is 6.93. The van der Waals surface area contributed by atoms with Gasteiger partial charge in [-0.3, -0.25) is 9.79 Å². The van der Waals surface area contributed by atoms with Gasteiger partial charge in [-0.2, -0.15) is 13.2 Å². The molecule has 3 rings (SSSR count). The van der Waals surface area contributed by atoms with E-state index in [-0.39, 0.29) is 17.7 Å². The number of amides is 1. The number of allylic oxidation sites excluding steroid dienone is 1. The quantitative estimate of drug-likeness (QED) is 0.395. The fourth-order valence-electron chi connectivity index (χ4n) is 3.03. The molecule has 170 valence electrons. The van der Waals surface area contributed by atoms with Gasteiger partial charge in [0.15, 0.2) is 0 Å². The van der Waals surface area contributed by atoms with Gasteiger partial charge in [-0.1, -0.05) is 24.8 Å². The van der Waals surface area contributed by atoms with Crippen LogP contribution in [0.4, 0.5) is 13.2 Å². The minimum Gasteiger partial charge on any atom is -0.457 e. The van der Waals surface area contributed by atoms with Gasteiger partial charge in [0, 0.05) is 23.4 Å². The Balaban J connectivity index is 1.77. The van der Waals surface area contributed by atoms with Crippen molar-refractivity contribution < 1.29 is 22.7 Å². The molecule has 0 fully saturated rings. The average Bonchev–Trinajstić information content (AvgIpc) is 2.78. The molecule has 0 aliphatic heterocycles. The van der Waals surface area contributed by atoms with Gasteiger partial charge in [-0.15, -0.1) is 0 Å². The van der Waals surface area contributed by atoms with E-state index >= 15 is 0 Å². The van der Waals surface area contributed by atoms with Crippen LogP contribution < -0.4 is 10.1 Å². The van der Waals surface area contributed by atoms with Crippen molar-refractivity contribution in [1.82, 2.24) is 5.32 Å². The van der Waals surface area contributed by atoms with E-state index in [0.717, 1.165) is 22.9 Å². The summed E-state index contributed by atoms with van der Waals surface area (Å²) in [5, 5.41) is 4.37. The summed E-state index contributed by atoms with van der Waals surface area (Å²) < 4.78 is 44.1. The molecule has 0 bridgehead atoms. The molecule has 3 aromatic rings. The second kappa shape index (κ2) is 10.2. The molecule has 1 unspecified atom stereocenters. The van der Waals surface area contributed by atoms with Crippen molar-refractivity contribution in [2.75, 3.05) is 0 Å². The number of carbonyl (C=O) groups is 1.